The molecule has 4 rings (SSSR count). The van der Waals surface area contributed by atoms with Crippen LogP contribution in [0.2, 0.25) is 0 Å². The number of hydrogen-bond acceptors (Lipinski definition) is 2. The van der Waals surface area contributed by atoms with Gasteiger partial charge in [0.25, 0.3) is 0 Å². The average Bonchev–Trinajstić information content (AvgIpc) is 3.36. The quantitative estimate of drug-likeness (QED) is 0.441. The van der Waals surface area contributed by atoms with Crippen LogP contribution in [0.4, 0.5) is 0 Å². The van der Waals surface area contributed by atoms with Crippen molar-refractivity contribution in [3.63, 3.8) is 0 Å². The van der Waals surface area contributed by atoms with Gasteiger partial charge in [0.15, 0.2) is 0 Å². The minimum atomic E-state index is 0.241. The molecule has 4 nitrogen and oxygen atoms in total. The van der Waals surface area contributed by atoms with Crippen molar-refractivity contribution in [2.75, 3.05) is 0 Å². The van der Waals surface area contributed by atoms with Crippen molar-refractivity contribution in [3.05, 3.63) is 83.9 Å². The van der Waals surface area contributed by atoms with Crippen molar-refractivity contribution in [2.45, 2.75) is 58.2 Å². The van der Waals surface area contributed by atoms with Crippen LogP contribution in [0.15, 0.2) is 67.3 Å². The van der Waals surface area contributed by atoms with Crippen molar-refractivity contribution >= 4 is 11.0 Å². The Morgan fingerprint density at radius 1 is 0.828 bits per heavy atom. The summed E-state index contributed by atoms with van der Waals surface area (Å²) in [5.74, 6) is 0. The van der Waals surface area contributed by atoms with E-state index in [2.05, 4.69) is 95.2 Å². The fourth-order valence-corrected chi connectivity index (χ4v) is 4.00. The van der Waals surface area contributed by atoms with Crippen LogP contribution in [-0.2, 0) is 19.4 Å². The highest BCUT2D eigenvalue weighted by molar-refractivity contribution is 5.52. The Labute approximate surface area is 173 Å². The number of rotatable bonds is 9. The van der Waals surface area contributed by atoms with E-state index in [0.717, 1.165) is 32.2 Å². The van der Waals surface area contributed by atoms with Crippen LogP contribution in [0.3, 0.4) is 0 Å². The van der Waals surface area contributed by atoms with Crippen LogP contribution in [0, 0.1) is 0 Å². The molecule has 0 spiro atoms. The Morgan fingerprint density at radius 3 is 2.34 bits per heavy atom. The monoisotopic (exact) mass is 388 g/mol. The van der Waals surface area contributed by atoms with Gasteiger partial charge in [-0.25, -0.2) is 0 Å². The standard InChI is InChI=1S/C25H32N4/c1-3-22(26)12-19-8-11-29-18-21(16-25(29)15-19)17-27-23(4-2)13-20-7-10-28-9-5-6-24(28)14-20/h5-11,14-16,18,22-23,27H,3-4,12-13,17,26H2,1-2H3. The molecule has 0 fully saturated rings. The fraction of sp³-hybridized carbons (Fsp3) is 0.360. The van der Waals surface area contributed by atoms with Crippen molar-refractivity contribution in [1.82, 2.24) is 14.1 Å². The Morgan fingerprint density at radius 2 is 1.55 bits per heavy atom. The number of nitrogens with zero attached hydrogens (tertiary/aromatic N) is 2. The minimum absolute atomic E-state index is 0.241. The molecule has 4 aromatic heterocycles. The van der Waals surface area contributed by atoms with Crippen LogP contribution in [0.1, 0.15) is 43.4 Å². The lowest BCUT2D eigenvalue weighted by atomic mass is 10.0. The Kier molecular flexibility index (Phi) is 6.02. The number of aromatic nitrogens is 2. The molecule has 0 saturated heterocycles. The average molecular weight is 389 g/mol. The van der Waals surface area contributed by atoms with Crippen molar-refractivity contribution in [1.29, 1.82) is 0 Å². The number of nitrogens with two attached hydrogens (primary N) is 1. The lowest BCUT2D eigenvalue weighted by Gasteiger charge is -2.17. The summed E-state index contributed by atoms with van der Waals surface area (Å²) >= 11 is 0. The second-order valence-electron chi connectivity index (χ2n) is 8.15. The van der Waals surface area contributed by atoms with E-state index < -0.39 is 0 Å². The van der Waals surface area contributed by atoms with Crippen LogP contribution in [0.25, 0.3) is 11.0 Å². The number of pyridine rings is 2. The molecule has 0 aromatic carbocycles. The van der Waals surface area contributed by atoms with Gasteiger partial charge < -0.3 is 19.9 Å². The van der Waals surface area contributed by atoms with Gasteiger partial charge in [0.05, 0.1) is 0 Å². The first-order valence-electron chi connectivity index (χ1n) is 10.8. The summed E-state index contributed by atoms with van der Waals surface area (Å²) in [6.45, 7) is 5.29. The second-order valence-corrected chi connectivity index (χ2v) is 8.15. The molecule has 4 heteroatoms. The van der Waals surface area contributed by atoms with Crippen LogP contribution < -0.4 is 11.1 Å². The maximum Gasteiger partial charge on any atom is 0.0455 e. The normalized spacial score (nSPS) is 13.9. The summed E-state index contributed by atoms with van der Waals surface area (Å²) in [4.78, 5) is 0. The maximum atomic E-state index is 6.12. The van der Waals surface area contributed by atoms with E-state index in [1.807, 2.05) is 0 Å². The largest absolute Gasteiger partial charge is 0.327 e. The number of fused-ring (bicyclic) bond motifs is 2. The van der Waals surface area contributed by atoms with Gasteiger partial charge in [-0.3, -0.25) is 0 Å². The zero-order valence-corrected chi connectivity index (χ0v) is 17.5. The van der Waals surface area contributed by atoms with E-state index in [1.54, 1.807) is 0 Å². The smallest absolute Gasteiger partial charge is 0.0455 e. The van der Waals surface area contributed by atoms with Crippen molar-refractivity contribution in [2.24, 2.45) is 5.73 Å². The Balaban J connectivity index is 1.40. The third-order valence-corrected chi connectivity index (χ3v) is 5.91. The predicted molar refractivity (Wildman–Crippen MR) is 121 cm³/mol. The van der Waals surface area contributed by atoms with E-state index in [0.29, 0.717) is 6.04 Å². The molecule has 152 valence electrons. The van der Waals surface area contributed by atoms with E-state index in [-0.39, 0.29) is 6.04 Å². The van der Waals surface area contributed by atoms with Gasteiger partial charge in [0, 0.05) is 54.4 Å². The van der Waals surface area contributed by atoms with E-state index in [4.69, 9.17) is 5.73 Å². The van der Waals surface area contributed by atoms with Crippen LogP contribution in [0.5, 0.6) is 0 Å². The molecule has 2 atom stereocenters. The molecule has 0 aliphatic rings. The SMILES string of the molecule is CCC(N)Cc1ccn2cc(CNC(CC)Cc3ccn4cccc4c3)cc2c1. The van der Waals surface area contributed by atoms with Gasteiger partial charge >= 0.3 is 0 Å². The molecular formula is C25H32N4. The molecule has 4 heterocycles. The topological polar surface area (TPSA) is 46.9 Å². The summed E-state index contributed by atoms with van der Waals surface area (Å²) in [5, 5.41) is 3.75. The van der Waals surface area contributed by atoms with Gasteiger partial charge in [0.2, 0.25) is 0 Å². The second kappa shape index (κ2) is 8.85. The maximum absolute atomic E-state index is 6.12. The summed E-state index contributed by atoms with van der Waals surface area (Å²) in [7, 11) is 0. The Bertz CT molecular complexity index is 1070. The zero-order chi connectivity index (χ0) is 20.2. The highest BCUT2D eigenvalue weighted by atomic mass is 14.9. The van der Waals surface area contributed by atoms with Gasteiger partial charge in [-0.1, -0.05) is 13.8 Å². The molecule has 0 aliphatic carbocycles. The Hall–Kier alpha value is -2.56. The third kappa shape index (κ3) is 4.72. The van der Waals surface area contributed by atoms with Crippen LogP contribution in [-0.4, -0.2) is 20.9 Å². The summed E-state index contributed by atoms with van der Waals surface area (Å²) in [5.41, 5.74) is 12.6. The van der Waals surface area contributed by atoms with E-state index >= 15 is 0 Å². The molecular weight excluding hydrogens is 356 g/mol. The number of hydrogen-bond donors (Lipinski definition) is 2. The first-order valence-corrected chi connectivity index (χ1v) is 10.8. The van der Waals surface area contributed by atoms with Gasteiger partial charge in [-0.05, 0) is 84.8 Å². The molecule has 0 radical (unpaired) electrons. The summed E-state index contributed by atoms with van der Waals surface area (Å²) in [6.07, 6.45) is 12.7. The summed E-state index contributed by atoms with van der Waals surface area (Å²) in [6, 6.07) is 16.2. The summed E-state index contributed by atoms with van der Waals surface area (Å²) < 4.78 is 4.37. The van der Waals surface area contributed by atoms with E-state index in [1.165, 1.54) is 27.7 Å². The van der Waals surface area contributed by atoms with E-state index in [9.17, 15) is 0 Å². The van der Waals surface area contributed by atoms with Gasteiger partial charge in [-0.2, -0.15) is 0 Å². The lowest BCUT2D eigenvalue weighted by Crippen LogP contribution is -2.29. The first kappa shape index (κ1) is 19.7. The lowest BCUT2D eigenvalue weighted by molar-refractivity contribution is 0.494. The van der Waals surface area contributed by atoms with Crippen molar-refractivity contribution in [3.8, 4) is 0 Å². The molecule has 0 saturated carbocycles. The minimum Gasteiger partial charge on any atom is -0.327 e. The fourth-order valence-electron chi connectivity index (χ4n) is 4.00. The molecule has 2 unspecified atom stereocenters. The van der Waals surface area contributed by atoms with Crippen molar-refractivity contribution < 1.29 is 0 Å². The predicted octanol–water partition coefficient (Wildman–Crippen LogP) is 4.58. The molecule has 4 aromatic rings. The van der Waals surface area contributed by atoms with Gasteiger partial charge in [-0.15, -0.1) is 0 Å². The zero-order valence-electron chi connectivity index (χ0n) is 17.5. The molecule has 0 aliphatic heterocycles. The van der Waals surface area contributed by atoms with Crippen LogP contribution >= 0.6 is 0 Å². The van der Waals surface area contributed by atoms with Gasteiger partial charge in [0.1, 0.15) is 0 Å². The molecule has 3 N–H and O–H groups in total. The first-order chi connectivity index (χ1) is 14.1. The molecule has 0 amide bonds. The highest BCUT2D eigenvalue weighted by Gasteiger charge is 2.09. The molecule has 29 heavy (non-hydrogen) atoms. The third-order valence-electron chi connectivity index (χ3n) is 5.91. The highest BCUT2D eigenvalue weighted by Crippen LogP contribution is 2.15. The number of nitrogens with one attached hydrogen (secondary N) is 1. The molecule has 0 bridgehead atoms.